The summed E-state index contributed by atoms with van der Waals surface area (Å²) >= 11 is 1.75. The van der Waals surface area contributed by atoms with Gasteiger partial charge in [-0.15, -0.1) is 11.3 Å². The highest BCUT2D eigenvalue weighted by Gasteiger charge is 2.27. The van der Waals surface area contributed by atoms with E-state index in [1.807, 2.05) is 6.07 Å². The van der Waals surface area contributed by atoms with Crippen molar-refractivity contribution in [2.45, 2.75) is 32.7 Å². The van der Waals surface area contributed by atoms with Crippen molar-refractivity contribution in [3.05, 3.63) is 28.8 Å². The molecule has 18 heavy (non-hydrogen) atoms. The maximum absolute atomic E-state index is 5.67. The number of aryl methyl sites for hydroxylation is 1. The molecule has 0 bridgehead atoms. The minimum Gasteiger partial charge on any atom is -0.475 e. The number of benzene rings is 1. The first-order chi connectivity index (χ1) is 8.57. The molecular weight excluding hydrogens is 244 g/mol. The summed E-state index contributed by atoms with van der Waals surface area (Å²) in [5.41, 5.74) is 2.02. The molecule has 0 saturated carbocycles. The second-order valence-electron chi connectivity index (χ2n) is 5.16. The number of fused-ring (bicyclic) bond motifs is 1. The van der Waals surface area contributed by atoms with E-state index >= 15 is 0 Å². The van der Waals surface area contributed by atoms with Crippen LogP contribution < -0.4 is 0 Å². The topological polar surface area (TPSA) is 34.5 Å². The second kappa shape index (κ2) is 4.05. The van der Waals surface area contributed by atoms with Crippen LogP contribution in [-0.2, 0) is 11.2 Å². The van der Waals surface area contributed by atoms with Gasteiger partial charge in [0.1, 0.15) is 6.61 Å². The van der Waals surface area contributed by atoms with Gasteiger partial charge in [-0.1, -0.05) is 6.92 Å². The Hall–Kier alpha value is -1.42. The van der Waals surface area contributed by atoms with Crippen LogP contribution in [0.5, 0.6) is 0 Å². The molecule has 0 atom stereocenters. The van der Waals surface area contributed by atoms with Crippen molar-refractivity contribution >= 4 is 27.5 Å². The summed E-state index contributed by atoms with van der Waals surface area (Å²) in [4.78, 5) is 9.17. The molecule has 0 radical (unpaired) electrons. The van der Waals surface area contributed by atoms with E-state index in [0.29, 0.717) is 6.61 Å². The molecule has 0 saturated heterocycles. The number of ether oxygens (including phenoxy) is 1. The van der Waals surface area contributed by atoms with E-state index in [2.05, 4.69) is 42.9 Å². The zero-order chi connectivity index (χ0) is 12.8. The highest BCUT2D eigenvalue weighted by molar-refractivity contribution is 7.18. The first-order valence-corrected chi connectivity index (χ1v) is 7.01. The maximum atomic E-state index is 5.67. The predicted molar refractivity (Wildman–Crippen MR) is 75.6 cm³/mol. The lowest BCUT2D eigenvalue weighted by atomic mass is 10.1. The Morgan fingerprint density at radius 1 is 1.39 bits per heavy atom. The van der Waals surface area contributed by atoms with E-state index in [4.69, 9.17) is 4.74 Å². The van der Waals surface area contributed by atoms with Gasteiger partial charge in [0.05, 0.1) is 20.8 Å². The molecule has 0 unspecified atom stereocenters. The highest BCUT2D eigenvalue weighted by Crippen LogP contribution is 2.26. The van der Waals surface area contributed by atoms with Gasteiger partial charge in [0.25, 0.3) is 0 Å². The molecule has 0 amide bonds. The van der Waals surface area contributed by atoms with Gasteiger partial charge in [-0.25, -0.2) is 9.98 Å². The van der Waals surface area contributed by atoms with E-state index < -0.39 is 0 Å². The van der Waals surface area contributed by atoms with E-state index in [0.717, 1.165) is 23.4 Å². The van der Waals surface area contributed by atoms with Gasteiger partial charge in [-0.05, 0) is 38.5 Å². The number of hydrogen-bond donors (Lipinski definition) is 0. The van der Waals surface area contributed by atoms with E-state index in [1.165, 1.54) is 9.71 Å². The lowest BCUT2D eigenvalue weighted by Crippen LogP contribution is -2.17. The summed E-state index contributed by atoms with van der Waals surface area (Å²) in [6.07, 6.45) is 0.985. The van der Waals surface area contributed by atoms with Crippen molar-refractivity contribution in [1.82, 2.24) is 4.98 Å². The molecule has 94 valence electrons. The van der Waals surface area contributed by atoms with Crippen LogP contribution in [0.4, 0.5) is 0 Å². The van der Waals surface area contributed by atoms with Crippen LogP contribution in [0, 0.1) is 0 Å². The molecule has 0 N–H and O–H groups in total. The van der Waals surface area contributed by atoms with Crippen LogP contribution in [0.15, 0.2) is 23.2 Å². The van der Waals surface area contributed by atoms with Crippen molar-refractivity contribution < 1.29 is 4.74 Å². The minimum atomic E-state index is -0.105. The highest BCUT2D eigenvalue weighted by atomic mass is 32.1. The first-order valence-electron chi connectivity index (χ1n) is 6.20. The Morgan fingerprint density at radius 3 is 2.89 bits per heavy atom. The van der Waals surface area contributed by atoms with Gasteiger partial charge < -0.3 is 4.74 Å². The van der Waals surface area contributed by atoms with Crippen molar-refractivity contribution in [2.24, 2.45) is 4.99 Å². The lowest BCUT2D eigenvalue weighted by Gasteiger charge is -2.07. The Morgan fingerprint density at radius 2 is 2.22 bits per heavy atom. The third-order valence-corrected chi connectivity index (χ3v) is 4.11. The molecular formula is C14H16N2OS. The molecule has 1 aliphatic rings. The van der Waals surface area contributed by atoms with Crippen LogP contribution >= 0.6 is 11.3 Å². The molecule has 1 aromatic heterocycles. The van der Waals surface area contributed by atoms with Crippen molar-refractivity contribution in [3.63, 3.8) is 0 Å². The summed E-state index contributed by atoms with van der Waals surface area (Å²) in [6.45, 7) is 6.95. The van der Waals surface area contributed by atoms with Crippen molar-refractivity contribution in [2.75, 3.05) is 6.61 Å². The van der Waals surface area contributed by atoms with Gasteiger partial charge in [0.2, 0.25) is 5.90 Å². The number of aliphatic imine (C=N–C) groups is 1. The summed E-state index contributed by atoms with van der Waals surface area (Å²) in [7, 11) is 0. The standard InChI is InChI=1S/C14H16N2OS/c1-4-12-15-10-6-5-9(7-11(10)18-12)13-16-14(2,3)8-17-13/h5-7H,4,8H2,1-3H3. The number of rotatable bonds is 2. The third kappa shape index (κ3) is 2.01. The number of thiazole rings is 1. The summed E-state index contributed by atoms with van der Waals surface area (Å²) in [5, 5.41) is 1.18. The molecule has 0 fully saturated rings. The second-order valence-corrected chi connectivity index (χ2v) is 6.28. The molecule has 1 aromatic carbocycles. The molecule has 4 heteroatoms. The summed E-state index contributed by atoms with van der Waals surface area (Å²) < 4.78 is 6.88. The number of aromatic nitrogens is 1. The molecule has 1 aliphatic heterocycles. The average Bonchev–Trinajstić information content (AvgIpc) is 2.90. The largest absolute Gasteiger partial charge is 0.475 e. The monoisotopic (exact) mass is 260 g/mol. The van der Waals surface area contributed by atoms with Gasteiger partial charge in [-0.2, -0.15) is 0 Å². The quantitative estimate of drug-likeness (QED) is 0.829. The zero-order valence-corrected chi connectivity index (χ0v) is 11.7. The Bertz CT molecular complexity index is 628. The van der Waals surface area contributed by atoms with E-state index in [9.17, 15) is 0 Å². The normalized spacial score (nSPS) is 17.8. The van der Waals surface area contributed by atoms with Crippen LogP contribution in [0.3, 0.4) is 0 Å². The molecule has 3 rings (SSSR count). The SMILES string of the molecule is CCc1nc2ccc(C3=NC(C)(C)CO3)cc2s1. The molecule has 0 aliphatic carbocycles. The van der Waals surface area contributed by atoms with Gasteiger partial charge >= 0.3 is 0 Å². The molecule has 0 spiro atoms. The van der Waals surface area contributed by atoms with Crippen molar-refractivity contribution in [1.29, 1.82) is 0 Å². The lowest BCUT2D eigenvalue weighted by molar-refractivity contribution is 0.279. The maximum Gasteiger partial charge on any atom is 0.216 e. The van der Waals surface area contributed by atoms with Crippen LogP contribution in [0.2, 0.25) is 0 Å². The Labute approximate surface area is 111 Å². The van der Waals surface area contributed by atoms with E-state index in [1.54, 1.807) is 11.3 Å². The fourth-order valence-electron chi connectivity index (χ4n) is 1.99. The van der Waals surface area contributed by atoms with Crippen molar-refractivity contribution in [3.8, 4) is 0 Å². The fourth-order valence-corrected chi connectivity index (χ4v) is 2.94. The van der Waals surface area contributed by atoms with Crippen LogP contribution in [-0.4, -0.2) is 23.0 Å². The predicted octanol–water partition coefficient (Wildman–Crippen LogP) is 3.41. The molecule has 2 aromatic rings. The average molecular weight is 260 g/mol. The minimum absolute atomic E-state index is 0.105. The van der Waals surface area contributed by atoms with Gasteiger partial charge in [0, 0.05) is 5.56 Å². The van der Waals surface area contributed by atoms with Gasteiger partial charge in [0.15, 0.2) is 0 Å². The number of nitrogens with zero attached hydrogens (tertiary/aromatic N) is 2. The van der Waals surface area contributed by atoms with E-state index in [-0.39, 0.29) is 5.54 Å². The Kier molecular flexibility index (Phi) is 2.63. The Balaban J connectivity index is 2.03. The van der Waals surface area contributed by atoms with Gasteiger partial charge in [-0.3, -0.25) is 0 Å². The molecule has 3 nitrogen and oxygen atoms in total. The summed E-state index contributed by atoms with van der Waals surface area (Å²) in [5.74, 6) is 0.758. The fraction of sp³-hybridized carbons (Fsp3) is 0.429. The smallest absolute Gasteiger partial charge is 0.216 e. The van der Waals surface area contributed by atoms with Crippen LogP contribution in [0.1, 0.15) is 31.3 Å². The summed E-state index contributed by atoms with van der Waals surface area (Å²) in [6, 6.07) is 6.23. The first kappa shape index (κ1) is 11.7. The third-order valence-electron chi connectivity index (χ3n) is 2.95. The zero-order valence-electron chi connectivity index (χ0n) is 10.9. The molecule has 2 heterocycles. The number of hydrogen-bond acceptors (Lipinski definition) is 4. The van der Waals surface area contributed by atoms with Crippen LogP contribution in [0.25, 0.3) is 10.2 Å².